The fourth-order valence-electron chi connectivity index (χ4n) is 1.49. The van der Waals surface area contributed by atoms with Crippen molar-refractivity contribution in [1.82, 2.24) is 4.90 Å². The van der Waals surface area contributed by atoms with Crippen LogP contribution in [0.4, 0.5) is 0 Å². The molecule has 1 atom stereocenters. The van der Waals surface area contributed by atoms with Gasteiger partial charge in [0, 0.05) is 19.0 Å². The quantitative estimate of drug-likeness (QED) is 0.662. The molecule has 1 aliphatic rings. The predicted molar refractivity (Wildman–Crippen MR) is 61.0 cm³/mol. The van der Waals surface area contributed by atoms with Gasteiger partial charge in [0.1, 0.15) is 0 Å². The first-order chi connectivity index (χ1) is 7.13. The molecule has 1 rings (SSSR count). The normalized spacial score (nSPS) is 16.9. The van der Waals surface area contributed by atoms with E-state index in [9.17, 15) is 4.79 Å². The van der Waals surface area contributed by atoms with Crippen LogP contribution < -0.4 is 5.73 Å². The van der Waals surface area contributed by atoms with Crippen molar-refractivity contribution >= 4 is 5.91 Å². The van der Waals surface area contributed by atoms with E-state index in [-0.39, 0.29) is 11.9 Å². The smallest absolute Gasteiger partial charge is 0.223 e. The van der Waals surface area contributed by atoms with Crippen molar-refractivity contribution in [2.24, 2.45) is 11.7 Å². The third kappa shape index (κ3) is 4.85. The van der Waals surface area contributed by atoms with E-state index < -0.39 is 0 Å². The summed E-state index contributed by atoms with van der Waals surface area (Å²) in [6.07, 6.45) is 8.99. The van der Waals surface area contributed by atoms with Gasteiger partial charge in [0.05, 0.1) is 6.54 Å². The van der Waals surface area contributed by atoms with Gasteiger partial charge in [0.2, 0.25) is 5.91 Å². The highest BCUT2D eigenvalue weighted by atomic mass is 16.2. The molecule has 3 nitrogen and oxygen atoms in total. The highest BCUT2D eigenvalue weighted by Crippen LogP contribution is 2.29. The first-order valence-electron chi connectivity index (χ1n) is 5.60. The van der Waals surface area contributed by atoms with E-state index >= 15 is 0 Å². The molecule has 0 aromatic carbocycles. The topological polar surface area (TPSA) is 46.3 Å². The van der Waals surface area contributed by atoms with Gasteiger partial charge >= 0.3 is 0 Å². The first kappa shape index (κ1) is 12.1. The summed E-state index contributed by atoms with van der Waals surface area (Å²) in [5.74, 6) is 3.39. The number of amides is 1. The van der Waals surface area contributed by atoms with Crippen LogP contribution in [0.1, 0.15) is 32.6 Å². The number of carbonyl (C=O) groups excluding carboxylic acids is 1. The van der Waals surface area contributed by atoms with E-state index in [0.717, 1.165) is 13.0 Å². The van der Waals surface area contributed by atoms with Gasteiger partial charge in [-0.1, -0.05) is 5.92 Å². The Labute approximate surface area is 92.0 Å². The number of nitrogens with two attached hydrogens (primary N) is 1. The Morgan fingerprint density at radius 2 is 2.33 bits per heavy atom. The molecule has 0 radical (unpaired) electrons. The molecular formula is C12H20N2O. The minimum absolute atomic E-state index is 0.0857. The second-order valence-electron chi connectivity index (χ2n) is 4.44. The third-order valence-corrected chi connectivity index (χ3v) is 2.62. The molecule has 1 unspecified atom stereocenters. The van der Waals surface area contributed by atoms with Crippen molar-refractivity contribution in [3.05, 3.63) is 0 Å². The summed E-state index contributed by atoms with van der Waals surface area (Å²) in [5, 5.41) is 0. The van der Waals surface area contributed by atoms with Crippen LogP contribution in [0.2, 0.25) is 0 Å². The summed E-state index contributed by atoms with van der Waals surface area (Å²) in [6.45, 7) is 3.19. The van der Waals surface area contributed by atoms with Gasteiger partial charge in [0.25, 0.3) is 0 Å². The van der Waals surface area contributed by atoms with E-state index in [1.54, 1.807) is 4.90 Å². The van der Waals surface area contributed by atoms with Crippen molar-refractivity contribution in [2.75, 3.05) is 13.1 Å². The molecule has 0 bridgehead atoms. The second-order valence-corrected chi connectivity index (χ2v) is 4.44. The van der Waals surface area contributed by atoms with Crippen molar-refractivity contribution < 1.29 is 4.79 Å². The van der Waals surface area contributed by atoms with Crippen molar-refractivity contribution in [3.8, 4) is 12.3 Å². The largest absolute Gasteiger partial charge is 0.331 e. The monoisotopic (exact) mass is 208 g/mol. The predicted octanol–water partition coefficient (Wildman–Crippen LogP) is 0.986. The van der Waals surface area contributed by atoms with Crippen molar-refractivity contribution in [2.45, 2.75) is 38.6 Å². The maximum absolute atomic E-state index is 11.8. The zero-order chi connectivity index (χ0) is 11.3. The van der Waals surface area contributed by atoms with Gasteiger partial charge in [-0.15, -0.1) is 6.42 Å². The second kappa shape index (κ2) is 5.77. The number of rotatable bonds is 6. The number of hydrogen-bond donors (Lipinski definition) is 1. The number of carbonyl (C=O) groups is 1. The molecule has 1 amide bonds. The van der Waals surface area contributed by atoms with Crippen LogP contribution in [-0.2, 0) is 4.79 Å². The van der Waals surface area contributed by atoms with Gasteiger partial charge in [-0.05, 0) is 32.1 Å². The van der Waals surface area contributed by atoms with E-state index in [1.807, 2.05) is 6.92 Å². The van der Waals surface area contributed by atoms with E-state index in [0.29, 0.717) is 18.9 Å². The van der Waals surface area contributed by atoms with Crippen LogP contribution in [0.25, 0.3) is 0 Å². The first-order valence-corrected chi connectivity index (χ1v) is 5.60. The fourth-order valence-corrected chi connectivity index (χ4v) is 1.49. The van der Waals surface area contributed by atoms with Crippen LogP contribution in [0.5, 0.6) is 0 Å². The van der Waals surface area contributed by atoms with Gasteiger partial charge < -0.3 is 10.6 Å². The standard InChI is InChI=1S/C12H20N2O/c1-3-8-14(9-11-5-6-11)12(15)7-4-10(2)13/h1,10-11H,4-9,13H2,2H3. The van der Waals surface area contributed by atoms with Crippen LogP contribution in [-0.4, -0.2) is 29.9 Å². The number of nitrogens with zero attached hydrogens (tertiary/aromatic N) is 1. The molecule has 1 aliphatic carbocycles. The molecule has 15 heavy (non-hydrogen) atoms. The SMILES string of the molecule is C#CCN(CC1CC1)C(=O)CCC(C)N. The van der Waals surface area contributed by atoms with Gasteiger partial charge in [0.15, 0.2) is 0 Å². The lowest BCUT2D eigenvalue weighted by Gasteiger charge is -2.20. The molecular weight excluding hydrogens is 188 g/mol. The summed E-state index contributed by atoms with van der Waals surface area (Å²) >= 11 is 0. The molecule has 1 fully saturated rings. The molecule has 0 aromatic heterocycles. The fraction of sp³-hybridized carbons (Fsp3) is 0.750. The zero-order valence-electron chi connectivity index (χ0n) is 9.41. The zero-order valence-corrected chi connectivity index (χ0v) is 9.41. The lowest BCUT2D eigenvalue weighted by Crippen LogP contribution is -2.34. The molecule has 2 N–H and O–H groups in total. The molecule has 0 saturated heterocycles. The number of hydrogen-bond acceptors (Lipinski definition) is 2. The Morgan fingerprint density at radius 1 is 1.67 bits per heavy atom. The Balaban J connectivity index is 2.32. The molecule has 3 heteroatoms. The maximum Gasteiger partial charge on any atom is 0.223 e. The van der Waals surface area contributed by atoms with E-state index in [1.165, 1.54) is 12.8 Å². The number of terminal acetylenes is 1. The minimum Gasteiger partial charge on any atom is -0.331 e. The Hall–Kier alpha value is -1.01. The summed E-state index contributed by atoms with van der Waals surface area (Å²) in [6, 6.07) is 0.0857. The Morgan fingerprint density at radius 3 is 2.80 bits per heavy atom. The van der Waals surface area contributed by atoms with Crippen LogP contribution in [0, 0.1) is 18.3 Å². The lowest BCUT2D eigenvalue weighted by molar-refractivity contribution is -0.131. The van der Waals surface area contributed by atoms with E-state index in [4.69, 9.17) is 12.2 Å². The van der Waals surface area contributed by atoms with Crippen LogP contribution in [0.15, 0.2) is 0 Å². The average molecular weight is 208 g/mol. The molecule has 0 aliphatic heterocycles. The highest BCUT2D eigenvalue weighted by Gasteiger charge is 2.26. The average Bonchev–Trinajstić information content (AvgIpc) is 2.97. The minimum atomic E-state index is 0.0857. The van der Waals surface area contributed by atoms with Crippen molar-refractivity contribution in [3.63, 3.8) is 0 Å². The van der Waals surface area contributed by atoms with E-state index in [2.05, 4.69) is 5.92 Å². The molecule has 84 valence electrons. The van der Waals surface area contributed by atoms with Crippen LogP contribution >= 0.6 is 0 Å². The van der Waals surface area contributed by atoms with Gasteiger partial charge in [-0.2, -0.15) is 0 Å². The van der Waals surface area contributed by atoms with Crippen molar-refractivity contribution in [1.29, 1.82) is 0 Å². The molecule has 0 aromatic rings. The summed E-state index contributed by atoms with van der Waals surface area (Å²) in [5.41, 5.74) is 5.62. The summed E-state index contributed by atoms with van der Waals surface area (Å²) in [7, 11) is 0. The molecule has 1 saturated carbocycles. The van der Waals surface area contributed by atoms with Gasteiger partial charge in [-0.3, -0.25) is 4.79 Å². The maximum atomic E-state index is 11.8. The molecule has 0 heterocycles. The highest BCUT2D eigenvalue weighted by molar-refractivity contribution is 5.76. The van der Waals surface area contributed by atoms with Gasteiger partial charge in [-0.25, -0.2) is 0 Å². The lowest BCUT2D eigenvalue weighted by atomic mass is 10.2. The third-order valence-electron chi connectivity index (χ3n) is 2.62. The summed E-state index contributed by atoms with van der Waals surface area (Å²) < 4.78 is 0. The summed E-state index contributed by atoms with van der Waals surface area (Å²) in [4.78, 5) is 13.6. The Bertz CT molecular complexity index is 251. The Kier molecular flexibility index (Phi) is 4.64. The van der Waals surface area contributed by atoms with Crippen LogP contribution in [0.3, 0.4) is 0 Å². The molecule has 0 spiro atoms.